The number of carbonyl (C=O) groups is 3. The van der Waals surface area contributed by atoms with Gasteiger partial charge in [0, 0.05) is 30.0 Å². The van der Waals surface area contributed by atoms with Crippen molar-refractivity contribution in [2.24, 2.45) is 5.92 Å². The van der Waals surface area contributed by atoms with Gasteiger partial charge in [0.25, 0.3) is 0 Å². The Hall–Kier alpha value is -3.97. The van der Waals surface area contributed by atoms with Crippen molar-refractivity contribution in [1.82, 2.24) is 15.6 Å². The number of carboxylic acid groups (broad SMARTS) is 1. The standard InChI is InChI=1S/C31H35N3O8S/c1-3-40-26(36)16-34-31(39)33-15-20-6-12-23(13-7-20)30-41-25(18-43-28-24(29(37)38)5-4-14-32-28)19(2)27(42-30)22-10-8-21(17-35)9-11-22/h4-14,19,25,27,30,35H,3,15-18H2,1-2H3,(H,37,38)(H2,33,34,39)/t19-,25+,27+,30+/m1/s1. The van der Waals surface area contributed by atoms with E-state index in [-0.39, 0.29) is 50.0 Å². The van der Waals surface area contributed by atoms with Crippen molar-refractivity contribution in [2.45, 2.75) is 50.5 Å². The van der Waals surface area contributed by atoms with Crippen LogP contribution in [0.25, 0.3) is 0 Å². The monoisotopic (exact) mass is 609 g/mol. The van der Waals surface area contributed by atoms with Crippen molar-refractivity contribution in [2.75, 3.05) is 18.9 Å². The quantitative estimate of drug-likeness (QED) is 0.173. The zero-order valence-corrected chi connectivity index (χ0v) is 24.7. The number of ether oxygens (including phenoxy) is 3. The minimum Gasteiger partial charge on any atom is -0.478 e. The molecule has 3 aromatic rings. The molecule has 0 radical (unpaired) electrons. The van der Waals surface area contributed by atoms with Gasteiger partial charge in [-0.2, -0.15) is 0 Å². The molecule has 1 fully saturated rings. The summed E-state index contributed by atoms with van der Waals surface area (Å²) in [5, 5.41) is 24.6. The number of amides is 2. The van der Waals surface area contributed by atoms with Crippen LogP contribution in [0.15, 0.2) is 71.9 Å². The number of hydrogen-bond acceptors (Lipinski definition) is 9. The molecule has 228 valence electrons. The Morgan fingerprint density at radius 1 is 0.977 bits per heavy atom. The van der Waals surface area contributed by atoms with E-state index in [0.717, 1.165) is 22.3 Å². The molecule has 11 nitrogen and oxygen atoms in total. The number of carbonyl (C=O) groups excluding carboxylic acids is 2. The summed E-state index contributed by atoms with van der Waals surface area (Å²) in [6.07, 6.45) is 0.225. The van der Waals surface area contributed by atoms with Gasteiger partial charge in [-0.3, -0.25) is 4.79 Å². The number of aliphatic hydroxyl groups is 1. The van der Waals surface area contributed by atoms with Gasteiger partial charge >= 0.3 is 18.0 Å². The summed E-state index contributed by atoms with van der Waals surface area (Å²) in [5.74, 6) is -1.18. The maximum atomic E-state index is 12.0. The average molecular weight is 610 g/mol. The van der Waals surface area contributed by atoms with Crippen LogP contribution in [-0.2, 0) is 32.2 Å². The van der Waals surface area contributed by atoms with Crippen molar-refractivity contribution in [3.63, 3.8) is 0 Å². The SMILES string of the molecule is CCOC(=O)CNC(=O)NCc1ccc([C@H]2O[C@@H](CSc3ncccc3C(=O)O)[C@@H](C)[C@@H](c3ccc(CO)cc3)O2)cc1. The van der Waals surface area contributed by atoms with E-state index in [1.165, 1.54) is 17.8 Å². The highest BCUT2D eigenvalue weighted by Crippen LogP contribution is 2.43. The molecule has 0 saturated carbocycles. The number of aliphatic hydroxyl groups excluding tert-OH is 1. The fraction of sp³-hybridized carbons (Fsp3) is 0.355. The Morgan fingerprint density at radius 3 is 2.35 bits per heavy atom. The molecule has 0 unspecified atom stereocenters. The van der Waals surface area contributed by atoms with Gasteiger partial charge in [-0.1, -0.05) is 55.5 Å². The number of pyridine rings is 1. The molecule has 1 aromatic heterocycles. The van der Waals surface area contributed by atoms with Gasteiger partial charge in [0.2, 0.25) is 0 Å². The predicted molar refractivity (Wildman–Crippen MR) is 158 cm³/mol. The van der Waals surface area contributed by atoms with Gasteiger partial charge in [-0.05, 0) is 35.7 Å². The molecule has 12 heteroatoms. The summed E-state index contributed by atoms with van der Waals surface area (Å²) in [4.78, 5) is 39.4. The zero-order chi connectivity index (χ0) is 30.8. The van der Waals surface area contributed by atoms with Crippen molar-refractivity contribution >= 4 is 29.7 Å². The zero-order valence-electron chi connectivity index (χ0n) is 23.9. The molecule has 4 rings (SSSR count). The molecular formula is C31H35N3O8S. The van der Waals surface area contributed by atoms with Gasteiger partial charge in [0.05, 0.1) is 31.0 Å². The number of thioether (sulfide) groups is 1. The minimum atomic E-state index is -1.04. The molecule has 43 heavy (non-hydrogen) atoms. The molecule has 0 aliphatic carbocycles. The molecule has 1 saturated heterocycles. The Kier molecular flexibility index (Phi) is 11.5. The van der Waals surface area contributed by atoms with Crippen LogP contribution in [0.2, 0.25) is 0 Å². The van der Waals surface area contributed by atoms with E-state index in [4.69, 9.17) is 14.2 Å². The second-order valence-corrected chi connectivity index (χ2v) is 10.9. The number of nitrogens with one attached hydrogen (secondary N) is 2. The van der Waals surface area contributed by atoms with E-state index < -0.39 is 24.3 Å². The molecule has 2 aromatic carbocycles. The van der Waals surface area contributed by atoms with Crippen molar-refractivity contribution in [3.8, 4) is 0 Å². The second kappa shape index (κ2) is 15.5. The lowest BCUT2D eigenvalue weighted by atomic mass is 9.91. The van der Waals surface area contributed by atoms with Crippen molar-refractivity contribution in [3.05, 3.63) is 94.7 Å². The third kappa shape index (κ3) is 8.77. The fourth-order valence-corrected chi connectivity index (χ4v) is 5.69. The second-order valence-electron chi connectivity index (χ2n) is 9.88. The summed E-state index contributed by atoms with van der Waals surface area (Å²) >= 11 is 1.33. The maximum Gasteiger partial charge on any atom is 0.338 e. The number of carboxylic acids is 1. The lowest BCUT2D eigenvalue weighted by molar-refractivity contribution is -0.268. The van der Waals surface area contributed by atoms with Crippen molar-refractivity contribution < 1.29 is 38.8 Å². The lowest BCUT2D eigenvalue weighted by Crippen LogP contribution is -2.39. The Bertz CT molecular complexity index is 1390. The minimum absolute atomic E-state index is 0.0589. The molecule has 1 aliphatic heterocycles. The fourth-order valence-electron chi connectivity index (χ4n) is 4.54. The smallest absolute Gasteiger partial charge is 0.338 e. The van der Waals surface area contributed by atoms with Gasteiger partial charge in [-0.25, -0.2) is 14.6 Å². The lowest BCUT2D eigenvalue weighted by Gasteiger charge is -2.41. The number of aromatic nitrogens is 1. The van der Waals surface area contributed by atoms with Crippen LogP contribution in [0, 0.1) is 5.92 Å². The van der Waals surface area contributed by atoms with E-state index in [0.29, 0.717) is 10.8 Å². The molecule has 0 bridgehead atoms. The summed E-state index contributed by atoms with van der Waals surface area (Å²) in [6.45, 7) is 3.94. The van der Waals surface area contributed by atoms with Crippen LogP contribution in [0.3, 0.4) is 0 Å². The summed E-state index contributed by atoms with van der Waals surface area (Å²) in [7, 11) is 0. The number of urea groups is 1. The first kappa shape index (κ1) is 32.0. The highest BCUT2D eigenvalue weighted by Gasteiger charge is 2.38. The highest BCUT2D eigenvalue weighted by molar-refractivity contribution is 7.99. The Labute approximate surface area is 254 Å². The summed E-state index contributed by atoms with van der Waals surface area (Å²) in [6, 6.07) is 17.7. The molecule has 2 heterocycles. The molecular weight excluding hydrogens is 574 g/mol. The maximum absolute atomic E-state index is 12.0. The number of nitrogens with zero attached hydrogens (tertiary/aromatic N) is 1. The van der Waals surface area contributed by atoms with Gasteiger partial charge in [0.1, 0.15) is 11.6 Å². The third-order valence-corrected chi connectivity index (χ3v) is 8.01. The van der Waals surface area contributed by atoms with Crippen LogP contribution < -0.4 is 10.6 Å². The van der Waals surface area contributed by atoms with E-state index in [1.807, 2.05) is 55.5 Å². The first-order chi connectivity index (χ1) is 20.8. The first-order valence-corrected chi connectivity index (χ1v) is 14.9. The largest absolute Gasteiger partial charge is 0.478 e. The summed E-state index contributed by atoms with van der Waals surface area (Å²) < 4.78 is 17.7. The predicted octanol–water partition coefficient (Wildman–Crippen LogP) is 4.22. The molecule has 2 amide bonds. The van der Waals surface area contributed by atoms with E-state index >= 15 is 0 Å². The van der Waals surface area contributed by atoms with Gasteiger partial charge < -0.3 is 35.1 Å². The van der Waals surface area contributed by atoms with Crippen LogP contribution in [0.1, 0.15) is 58.9 Å². The Morgan fingerprint density at radius 2 is 1.67 bits per heavy atom. The van der Waals surface area contributed by atoms with Crippen LogP contribution in [0.5, 0.6) is 0 Å². The number of rotatable bonds is 12. The van der Waals surface area contributed by atoms with Crippen LogP contribution >= 0.6 is 11.8 Å². The molecule has 4 atom stereocenters. The van der Waals surface area contributed by atoms with Gasteiger partial charge in [-0.15, -0.1) is 11.8 Å². The third-order valence-electron chi connectivity index (χ3n) is 6.91. The first-order valence-electron chi connectivity index (χ1n) is 13.9. The van der Waals surface area contributed by atoms with E-state index in [2.05, 4.69) is 15.6 Å². The molecule has 0 spiro atoms. The normalized spacial score (nSPS) is 19.8. The van der Waals surface area contributed by atoms with E-state index in [1.54, 1.807) is 19.2 Å². The molecule has 4 N–H and O–H groups in total. The van der Waals surface area contributed by atoms with Crippen molar-refractivity contribution in [1.29, 1.82) is 0 Å². The Balaban J connectivity index is 1.46. The topological polar surface area (TPSA) is 156 Å². The van der Waals surface area contributed by atoms with Gasteiger partial charge in [0.15, 0.2) is 6.29 Å². The van der Waals surface area contributed by atoms with Crippen LogP contribution in [-0.4, -0.2) is 58.2 Å². The average Bonchev–Trinajstić information content (AvgIpc) is 3.03. The number of hydrogen-bond donors (Lipinski definition) is 4. The number of benzene rings is 2. The number of aromatic carboxylic acids is 1. The highest BCUT2D eigenvalue weighted by atomic mass is 32.2. The summed E-state index contributed by atoms with van der Waals surface area (Å²) in [5.41, 5.74) is 3.48. The van der Waals surface area contributed by atoms with Crippen LogP contribution in [0.4, 0.5) is 4.79 Å². The molecule has 1 aliphatic rings. The number of esters is 1. The van der Waals surface area contributed by atoms with E-state index in [9.17, 15) is 24.6 Å².